The molecule has 0 radical (unpaired) electrons. The van der Waals surface area contributed by atoms with Crippen molar-refractivity contribution in [3.8, 4) is 40.1 Å². The van der Waals surface area contributed by atoms with Crippen LogP contribution in [-0.4, -0.2) is 32.4 Å². The first-order valence-electron chi connectivity index (χ1n) is 8.18. The predicted octanol–water partition coefficient (Wildman–Crippen LogP) is 3.12. The number of ether oxygens (including phenoxy) is 4. The van der Waals surface area contributed by atoms with E-state index in [2.05, 4.69) is 0 Å². The largest absolute Gasteiger partial charge is 0.507 e. The third kappa shape index (κ3) is 3.32. The lowest BCUT2D eigenvalue weighted by atomic mass is 10.1. The summed E-state index contributed by atoms with van der Waals surface area (Å²) in [5.41, 5.74) is 0.0357. The number of phenolic OH excluding ortho intramolecular Hbond substituents is 1. The summed E-state index contributed by atoms with van der Waals surface area (Å²) in [5, 5.41) is 10.2. The summed E-state index contributed by atoms with van der Waals surface area (Å²) in [6, 6.07) is 7.46. The van der Waals surface area contributed by atoms with Crippen molar-refractivity contribution in [1.82, 2.24) is 0 Å². The average molecular weight is 386 g/mol. The van der Waals surface area contributed by atoms with E-state index in [9.17, 15) is 14.7 Å². The van der Waals surface area contributed by atoms with Crippen LogP contribution in [0.1, 0.15) is 6.92 Å². The predicted molar refractivity (Wildman–Crippen MR) is 101 cm³/mol. The van der Waals surface area contributed by atoms with Crippen LogP contribution in [0.2, 0.25) is 0 Å². The van der Waals surface area contributed by atoms with Crippen LogP contribution >= 0.6 is 0 Å². The van der Waals surface area contributed by atoms with Gasteiger partial charge in [-0.1, -0.05) is 0 Å². The van der Waals surface area contributed by atoms with Gasteiger partial charge in [-0.3, -0.25) is 9.59 Å². The van der Waals surface area contributed by atoms with Gasteiger partial charge in [-0.05, 0) is 18.2 Å². The summed E-state index contributed by atoms with van der Waals surface area (Å²) in [4.78, 5) is 24.1. The van der Waals surface area contributed by atoms with Crippen LogP contribution in [0.5, 0.6) is 28.7 Å². The molecule has 1 heterocycles. The number of rotatable bonds is 5. The second kappa shape index (κ2) is 7.51. The van der Waals surface area contributed by atoms with Gasteiger partial charge in [0.05, 0.1) is 21.3 Å². The molecule has 0 bridgehead atoms. The highest BCUT2D eigenvalue weighted by Crippen LogP contribution is 2.38. The van der Waals surface area contributed by atoms with Gasteiger partial charge in [0.2, 0.25) is 11.2 Å². The molecule has 0 aliphatic heterocycles. The minimum Gasteiger partial charge on any atom is -0.507 e. The lowest BCUT2D eigenvalue weighted by Gasteiger charge is -2.13. The van der Waals surface area contributed by atoms with Crippen molar-refractivity contribution in [3.63, 3.8) is 0 Å². The Morgan fingerprint density at radius 3 is 2.36 bits per heavy atom. The van der Waals surface area contributed by atoms with E-state index in [1.54, 1.807) is 12.1 Å². The first kappa shape index (κ1) is 19.1. The smallest absolute Gasteiger partial charge is 0.308 e. The first-order chi connectivity index (χ1) is 13.4. The summed E-state index contributed by atoms with van der Waals surface area (Å²) >= 11 is 0. The normalized spacial score (nSPS) is 10.6. The molecule has 0 fully saturated rings. The lowest BCUT2D eigenvalue weighted by Crippen LogP contribution is -2.08. The van der Waals surface area contributed by atoms with Crippen LogP contribution in [0.25, 0.3) is 22.3 Å². The van der Waals surface area contributed by atoms with E-state index in [-0.39, 0.29) is 39.7 Å². The Labute approximate surface area is 159 Å². The number of methoxy groups -OCH3 is 3. The van der Waals surface area contributed by atoms with Crippen LogP contribution in [0.15, 0.2) is 39.5 Å². The molecule has 146 valence electrons. The first-order valence-corrected chi connectivity index (χ1v) is 8.18. The Kier molecular flexibility index (Phi) is 5.12. The zero-order chi connectivity index (χ0) is 20.4. The summed E-state index contributed by atoms with van der Waals surface area (Å²) in [5.74, 6) is 0.0768. The molecule has 2 aromatic carbocycles. The number of carbonyl (C=O) groups excluding carboxylic acids is 1. The van der Waals surface area contributed by atoms with Gasteiger partial charge in [-0.25, -0.2) is 0 Å². The molecule has 0 aliphatic rings. The summed E-state index contributed by atoms with van der Waals surface area (Å²) in [6.07, 6.45) is 0. The number of hydrogen-bond acceptors (Lipinski definition) is 8. The van der Waals surface area contributed by atoms with E-state index in [1.165, 1.54) is 46.5 Å². The maximum absolute atomic E-state index is 12.9. The summed E-state index contributed by atoms with van der Waals surface area (Å²) in [7, 11) is 4.18. The zero-order valence-corrected chi connectivity index (χ0v) is 15.7. The minimum absolute atomic E-state index is 0.0232. The molecule has 0 aliphatic carbocycles. The standard InChI is InChI=1S/C20H18O8/c1-10(21)27-14-6-5-11(7-15(14)25-3)19-20(26-4)18(23)17-13(22)8-12(24-2)9-16(17)28-19/h5-9,22H,1-4H3. The molecule has 0 spiro atoms. The molecule has 8 heteroatoms. The number of carbonyl (C=O) groups is 1. The highest BCUT2D eigenvalue weighted by molar-refractivity contribution is 5.88. The highest BCUT2D eigenvalue weighted by Gasteiger charge is 2.21. The van der Waals surface area contributed by atoms with Crippen molar-refractivity contribution in [2.75, 3.05) is 21.3 Å². The van der Waals surface area contributed by atoms with Crippen LogP contribution in [0.3, 0.4) is 0 Å². The van der Waals surface area contributed by atoms with E-state index < -0.39 is 11.4 Å². The Morgan fingerprint density at radius 2 is 1.75 bits per heavy atom. The van der Waals surface area contributed by atoms with Gasteiger partial charge in [0.25, 0.3) is 0 Å². The fourth-order valence-corrected chi connectivity index (χ4v) is 2.80. The number of aromatic hydroxyl groups is 1. The van der Waals surface area contributed by atoms with Crippen molar-refractivity contribution < 1.29 is 33.3 Å². The van der Waals surface area contributed by atoms with Crippen molar-refractivity contribution in [1.29, 1.82) is 0 Å². The monoisotopic (exact) mass is 386 g/mol. The van der Waals surface area contributed by atoms with Gasteiger partial charge in [0.15, 0.2) is 17.3 Å². The van der Waals surface area contributed by atoms with Gasteiger partial charge in [0.1, 0.15) is 22.5 Å². The average Bonchev–Trinajstić information content (AvgIpc) is 2.67. The van der Waals surface area contributed by atoms with Crippen LogP contribution in [0, 0.1) is 0 Å². The van der Waals surface area contributed by atoms with Crippen LogP contribution in [-0.2, 0) is 4.79 Å². The quantitative estimate of drug-likeness (QED) is 0.527. The number of benzene rings is 2. The number of fused-ring (bicyclic) bond motifs is 1. The molecule has 1 aromatic heterocycles. The summed E-state index contributed by atoms with van der Waals surface area (Å²) < 4.78 is 26.6. The van der Waals surface area contributed by atoms with Gasteiger partial charge in [0, 0.05) is 24.6 Å². The molecule has 3 rings (SSSR count). The molecule has 8 nitrogen and oxygen atoms in total. The third-order valence-electron chi connectivity index (χ3n) is 4.03. The Hall–Kier alpha value is -3.68. The number of phenols is 1. The second-order valence-electron chi connectivity index (χ2n) is 5.77. The topological polar surface area (TPSA) is 104 Å². The Balaban J connectivity index is 2.28. The SMILES string of the molecule is COc1cc(O)c2c(=O)c(OC)c(-c3ccc(OC(C)=O)c(OC)c3)oc2c1. The minimum atomic E-state index is -0.540. The van der Waals surface area contributed by atoms with E-state index >= 15 is 0 Å². The van der Waals surface area contributed by atoms with E-state index in [4.69, 9.17) is 23.4 Å². The van der Waals surface area contributed by atoms with Crippen molar-refractivity contribution >= 4 is 16.9 Å². The fraction of sp³-hybridized carbons (Fsp3) is 0.200. The van der Waals surface area contributed by atoms with E-state index in [1.807, 2.05) is 0 Å². The molecule has 0 saturated carbocycles. The fourth-order valence-electron chi connectivity index (χ4n) is 2.80. The molecular weight excluding hydrogens is 368 g/mol. The molecular formula is C20H18O8. The van der Waals surface area contributed by atoms with Gasteiger partial charge in [-0.2, -0.15) is 0 Å². The van der Waals surface area contributed by atoms with Crippen LogP contribution < -0.4 is 24.4 Å². The van der Waals surface area contributed by atoms with Crippen LogP contribution in [0.4, 0.5) is 0 Å². The molecule has 1 N–H and O–H groups in total. The molecule has 0 saturated heterocycles. The lowest BCUT2D eigenvalue weighted by molar-refractivity contribution is -0.132. The van der Waals surface area contributed by atoms with Gasteiger partial charge < -0.3 is 28.5 Å². The molecule has 0 unspecified atom stereocenters. The number of esters is 1. The highest BCUT2D eigenvalue weighted by atomic mass is 16.6. The molecule has 28 heavy (non-hydrogen) atoms. The number of hydrogen-bond donors (Lipinski definition) is 1. The van der Waals surface area contributed by atoms with E-state index in [0.29, 0.717) is 11.3 Å². The Morgan fingerprint density at radius 1 is 1.00 bits per heavy atom. The van der Waals surface area contributed by atoms with Crippen molar-refractivity contribution in [2.45, 2.75) is 6.92 Å². The van der Waals surface area contributed by atoms with Crippen molar-refractivity contribution in [3.05, 3.63) is 40.6 Å². The van der Waals surface area contributed by atoms with Crippen molar-refractivity contribution in [2.24, 2.45) is 0 Å². The third-order valence-corrected chi connectivity index (χ3v) is 4.03. The summed E-state index contributed by atoms with van der Waals surface area (Å²) in [6.45, 7) is 1.28. The van der Waals surface area contributed by atoms with Gasteiger partial charge in [-0.15, -0.1) is 0 Å². The zero-order valence-electron chi connectivity index (χ0n) is 15.7. The maximum Gasteiger partial charge on any atom is 0.308 e. The Bertz CT molecular complexity index is 1110. The molecule has 0 amide bonds. The van der Waals surface area contributed by atoms with Gasteiger partial charge >= 0.3 is 5.97 Å². The molecule has 0 atom stereocenters. The maximum atomic E-state index is 12.9. The molecule has 3 aromatic rings. The second-order valence-corrected chi connectivity index (χ2v) is 5.77. The van der Waals surface area contributed by atoms with E-state index in [0.717, 1.165) is 0 Å².